The number of hydrogen-bond donors (Lipinski definition) is 2. The molecule has 3 amide bonds. The van der Waals surface area contributed by atoms with Gasteiger partial charge in [0.1, 0.15) is 5.38 Å². The zero-order chi connectivity index (χ0) is 12.0. The third-order valence-corrected chi connectivity index (χ3v) is 2.74. The van der Waals surface area contributed by atoms with Crippen LogP contribution in [0.3, 0.4) is 0 Å². The summed E-state index contributed by atoms with van der Waals surface area (Å²) in [5.41, 5.74) is 0. The topological polar surface area (TPSA) is 71.1 Å². The Morgan fingerprint density at radius 2 is 2.38 bits per heavy atom. The number of nitrogens with zero attached hydrogens (tertiary/aromatic N) is 1. The lowest BCUT2D eigenvalue weighted by Gasteiger charge is -2.06. The number of carbonyl (C=O) groups excluding carboxylic acids is 2. The number of hydrogen-bond acceptors (Lipinski definition) is 4. The van der Waals surface area contributed by atoms with Crippen molar-refractivity contribution in [1.82, 2.24) is 15.6 Å². The number of thiazole rings is 1. The molecule has 1 aromatic heterocycles. The van der Waals surface area contributed by atoms with Crippen molar-refractivity contribution >= 4 is 34.9 Å². The van der Waals surface area contributed by atoms with Gasteiger partial charge in [0, 0.05) is 24.5 Å². The molecule has 1 aromatic rings. The number of nitrogens with one attached hydrogen (secondary N) is 2. The number of imide groups is 1. The molecule has 0 bridgehead atoms. The van der Waals surface area contributed by atoms with Gasteiger partial charge in [-0.3, -0.25) is 10.1 Å². The van der Waals surface area contributed by atoms with Gasteiger partial charge in [0.15, 0.2) is 0 Å². The van der Waals surface area contributed by atoms with Crippen LogP contribution in [-0.2, 0) is 11.2 Å². The number of amides is 3. The fraction of sp³-hybridized carbons (Fsp3) is 0.444. The number of aromatic nitrogens is 1. The molecule has 0 aliphatic rings. The van der Waals surface area contributed by atoms with Crippen LogP contribution in [0.4, 0.5) is 4.79 Å². The standard InChI is InChI=1S/C9H12ClN3O2S/c1-6(10)8(14)13-9(15)12-3-2-7-11-4-5-16-7/h4-6H,2-3H2,1H3,(H2,12,13,14,15). The summed E-state index contributed by atoms with van der Waals surface area (Å²) in [7, 11) is 0. The lowest BCUT2D eigenvalue weighted by Crippen LogP contribution is -2.42. The van der Waals surface area contributed by atoms with Crippen LogP contribution in [0.5, 0.6) is 0 Å². The number of alkyl halides is 1. The molecule has 0 saturated heterocycles. The molecule has 5 nitrogen and oxygen atoms in total. The molecule has 0 saturated carbocycles. The molecule has 1 unspecified atom stereocenters. The van der Waals surface area contributed by atoms with Crippen LogP contribution in [0, 0.1) is 0 Å². The van der Waals surface area contributed by atoms with Crippen LogP contribution in [0.25, 0.3) is 0 Å². The normalized spacial score (nSPS) is 11.9. The van der Waals surface area contributed by atoms with Gasteiger partial charge in [-0.2, -0.15) is 0 Å². The highest BCUT2D eigenvalue weighted by atomic mass is 35.5. The Hall–Kier alpha value is -1.14. The molecule has 0 spiro atoms. The highest BCUT2D eigenvalue weighted by molar-refractivity contribution is 7.09. The van der Waals surface area contributed by atoms with Crippen molar-refractivity contribution in [3.8, 4) is 0 Å². The summed E-state index contributed by atoms with van der Waals surface area (Å²) in [6.45, 7) is 1.93. The average Bonchev–Trinajstić information content (AvgIpc) is 2.70. The molecule has 0 aromatic carbocycles. The lowest BCUT2D eigenvalue weighted by atomic mass is 10.4. The first kappa shape index (κ1) is 12.9. The molecule has 7 heteroatoms. The van der Waals surface area contributed by atoms with E-state index in [0.29, 0.717) is 13.0 Å². The largest absolute Gasteiger partial charge is 0.337 e. The van der Waals surface area contributed by atoms with Gasteiger partial charge in [-0.15, -0.1) is 22.9 Å². The van der Waals surface area contributed by atoms with Crippen LogP contribution < -0.4 is 10.6 Å². The van der Waals surface area contributed by atoms with Crippen molar-refractivity contribution in [1.29, 1.82) is 0 Å². The molecule has 1 heterocycles. The SMILES string of the molecule is CC(Cl)C(=O)NC(=O)NCCc1nccs1. The summed E-state index contributed by atoms with van der Waals surface area (Å²) in [6, 6.07) is -0.533. The van der Waals surface area contributed by atoms with Crippen LogP contribution in [-0.4, -0.2) is 28.8 Å². The Labute approximate surface area is 102 Å². The van der Waals surface area contributed by atoms with E-state index in [4.69, 9.17) is 11.6 Å². The third kappa shape index (κ3) is 4.59. The minimum atomic E-state index is -0.718. The van der Waals surface area contributed by atoms with Crippen LogP contribution in [0.2, 0.25) is 0 Å². The second-order valence-electron chi connectivity index (χ2n) is 3.04. The third-order valence-electron chi connectivity index (χ3n) is 1.71. The Balaban J connectivity index is 2.18. The first-order chi connectivity index (χ1) is 7.59. The summed E-state index contributed by atoms with van der Waals surface area (Å²) in [4.78, 5) is 26.3. The van der Waals surface area contributed by atoms with Gasteiger partial charge in [-0.05, 0) is 6.92 Å². The van der Waals surface area contributed by atoms with E-state index in [-0.39, 0.29) is 0 Å². The van der Waals surface area contributed by atoms with Crippen molar-refractivity contribution in [2.45, 2.75) is 18.7 Å². The summed E-state index contributed by atoms with van der Waals surface area (Å²) >= 11 is 7.01. The van der Waals surface area contributed by atoms with E-state index in [1.807, 2.05) is 5.38 Å². The Kier molecular flexibility index (Phi) is 5.21. The zero-order valence-electron chi connectivity index (χ0n) is 8.70. The molecule has 0 aliphatic carbocycles. The van der Waals surface area contributed by atoms with Crippen molar-refractivity contribution in [3.63, 3.8) is 0 Å². The van der Waals surface area contributed by atoms with E-state index < -0.39 is 17.3 Å². The Bertz CT molecular complexity index is 354. The van der Waals surface area contributed by atoms with Gasteiger partial charge in [0.2, 0.25) is 5.91 Å². The summed E-state index contributed by atoms with van der Waals surface area (Å²) < 4.78 is 0. The van der Waals surface area contributed by atoms with Crippen molar-refractivity contribution in [2.24, 2.45) is 0 Å². The maximum Gasteiger partial charge on any atom is 0.321 e. The zero-order valence-corrected chi connectivity index (χ0v) is 10.3. The molecule has 16 heavy (non-hydrogen) atoms. The smallest absolute Gasteiger partial charge is 0.321 e. The number of rotatable bonds is 4. The molecule has 88 valence electrons. The van der Waals surface area contributed by atoms with E-state index in [1.54, 1.807) is 6.20 Å². The van der Waals surface area contributed by atoms with Gasteiger partial charge in [-0.1, -0.05) is 0 Å². The first-order valence-corrected chi connectivity index (χ1v) is 6.02. The maximum atomic E-state index is 11.2. The van der Waals surface area contributed by atoms with Crippen LogP contribution >= 0.6 is 22.9 Å². The minimum absolute atomic E-state index is 0.434. The lowest BCUT2D eigenvalue weighted by molar-refractivity contribution is -0.119. The predicted molar refractivity (Wildman–Crippen MR) is 62.7 cm³/mol. The highest BCUT2D eigenvalue weighted by Crippen LogP contribution is 2.03. The van der Waals surface area contributed by atoms with Gasteiger partial charge < -0.3 is 5.32 Å². The van der Waals surface area contributed by atoms with Crippen molar-refractivity contribution < 1.29 is 9.59 Å². The molecule has 2 N–H and O–H groups in total. The molecule has 0 radical (unpaired) electrons. The molecule has 0 aliphatic heterocycles. The second kappa shape index (κ2) is 6.44. The van der Waals surface area contributed by atoms with E-state index in [1.165, 1.54) is 18.3 Å². The molecule has 1 rings (SSSR count). The fourth-order valence-electron chi connectivity index (χ4n) is 0.915. The minimum Gasteiger partial charge on any atom is -0.337 e. The van der Waals surface area contributed by atoms with Crippen molar-refractivity contribution in [3.05, 3.63) is 16.6 Å². The van der Waals surface area contributed by atoms with Gasteiger partial charge in [-0.25, -0.2) is 9.78 Å². The molecule has 0 fully saturated rings. The Morgan fingerprint density at radius 3 is 2.94 bits per heavy atom. The van der Waals surface area contributed by atoms with Crippen LogP contribution in [0.15, 0.2) is 11.6 Å². The van der Waals surface area contributed by atoms with E-state index in [2.05, 4.69) is 15.6 Å². The number of halogens is 1. The molecular weight excluding hydrogens is 250 g/mol. The average molecular weight is 262 g/mol. The van der Waals surface area contributed by atoms with Gasteiger partial charge in [0.25, 0.3) is 0 Å². The number of carbonyl (C=O) groups is 2. The molecule has 1 atom stereocenters. The van der Waals surface area contributed by atoms with Crippen LogP contribution in [0.1, 0.15) is 11.9 Å². The van der Waals surface area contributed by atoms with E-state index >= 15 is 0 Å². The van der Waals surface area contributed by atoms with E-state index in [0.717, 1.165) is 5.01 Å². The second-order valence-corrected chi connectivity index (χ2v) is 4.67. The summed E-state index contributed by atoms with van der Waals surface area (Å²) in [5, 5.41) is 6.76. The fourth-order valence-corrected chi connectivity index (χ4v) is 1.59. The first-order valence-electron chi connectivity index (χ1n) is 4.70. The van der Waals surface area contributed by atoms with Crippen molar-refractivity contribution in [2.75, 3.05) is 6.54 Å². The Morgan fingerprint density at radius 1 is 1.62 bits per heavy atom. The summed E-state index contributed by atoms with van der Waals surface area (Å²) in [5.74, 6) is -0.506. The predicted octanol–water partition coefficient (Wildman–Crippen LogP) is 1.14. The van der Waals surface area contributed by atoms with Gasteiger partial charge >= 0.3 is 6.03 Å². The summed E-state index contributed by atoms with van der Waals surface area (Å²) in [6.07, 6.45) is 2.36. The number of urea groups is 1. The highest BCUT2D eigenvalue weighted by Gasteiger charge is 2.12. The maximum absolute atomic E-state index is 11.2. The van der Waals surface area contributed by atoms with E-state index in [9.17, 15) is 9.59 Å². The van der Waals surface area contributed by atoms with Gasteiger partial charge in [0.05, 0.1) is 5.01 Å². The quantitative estimate of drug-likeness (QED) is 0.799. The monoisotopic (exact) mass is 261 g/mol. The molecular formula is C9H12ClN3O2S.